The third-order valence-corrected chi connectivity index (χ3v) is 4.25. The van der Waals surface area contributed by atoms with Crippen LogP contribution in [0.3, 0.4) is 0 Å². The van der Waals surface area contributed by atoms with Crippen molar-refractivity contribution < 1.29 is 14.3 Å². The first-order valence-corrected chi connectivity index (χ1v) is 8.04. The lowest BCUT2D eigenvalue weighted by Crippen LogP contribution is -2.39. The summed E-state index contributed by atoms with van der Waals surface area (Å²) in [4.78, 5) is 14.4. The van der Waals surface area contributed by atoms with E-state index in [4.69, 9.17) is 15.2 Å². The first kappa shape index (κ1) is 16.2. The van der Waals surface area contributed by atoms with Gasteiger partial charge in [-0.25, -0.2) is 0 Å². The molecular formula is C19H22N2O3. The highest BCUT2D eigenvalue weighted by Crippen LogP contribution is 2.28. The van der Waals surface area contributed by atoms with E-state index >= 15 is 0 Å². The number of methoxy groups -OCH3 is 1. The Balaban J connectivity index is 1.80. The van der Waals surface area contributed by atoms with Crippen LogP contribution in [-0.2, 0) is 17.8 Å². The zero-order valence-electron chi connectivity index (χ0n) is 14.0. The summed E-state index contributed by atoms with van der Waals surface area (Å²) < 4.78 is 11.2. The Morgan fingerprint density at radius 2 is 2.08 bits per heavy atom. The zero-order chi connectivity index (χ0) is 17.1. The van der Waals surface area contributed by atoms with Crippen LogP contribution in [0.25, 0.3) is 0 Å². The van der Waals surface area contributed by atoms with Crippen molar-refractivity contribution in [3.63, 3.8) is 0 Å². The van der Waals surface area contributed by atoms with Gasteiger partial charge in [0.15, 0.2) is 6.10 Å². The maximum atomic E-state index is 12.6. The Morgan fingerprint density at radius 1 is 1.29 bits per heavy atom. The molecule has 0 radical (unpaired) electrons. The minimum atomic E-state index is -0.507. The zero-order valence-corrected chi connectivity index (χ0v) is 14.0. The Hall–Kier alpha value is -2.69. The molecule has 3 rings (SSSR count). The number of carbonyl (C=O) groups is 1. The number of rotatable bonds is 4. The normalized spacial score (nSPS) is 17.0. The predicted molar refractivity (Wildman–Crippen MR) is 93.1 cm³/mol. The molecule has 0 bridgehead atoms. The van der Waals surface area contributed by atoms with Gasteiger partial charge in [-0.15, -0.1) is 0 Å². The number of benzene rings is 2. The van der Waals surface area contributed by atoms with Gasteiger partial charge in [0.1, 0.15) is 11.5 Å². The summed E-state index contributed by atoms with van der Waals surface area (Å²) in [7, 11) is 1.66. The van der Waals surface area contributed by atoms with Crippen molar-refractivity contribution >= 4 is 11.6 Å². The SMILES string of the molecule is COc1ccccc1CCN1Cc2cc(N)ccc2OC(C)C1=O. The summed E-state index contributed by atoms with van der Waals surface area (Å²) >= 11 is 0. The van der Waals surface area contributed by atoms with Gasteiger partial charge >= 0.3 is 0 Å². The average Bonchev–Trinajstić information content (AvgIpc) is 2.70. The molecule has 24 heavy (non-hydrogen) atoms. The molecule has 2 N–H and O–H groups in total. The number of nitrogens with two attached hydrogens (primary N) is 1. The Kier molecular flexibility index (Phi) is 4.60. The number of hydrogen-bond donors (Lipinski definition) is 1. The Morgan fingerprint density at radius 3 is 2.88 bits per heavy atom. The minimum absolute atomic E-state index is 0.0142. The molecule has 0 fully saturated rings. The smallest absolute Gasteiger partial charge is 0.263 e. The highest BCUT2D eigenvalue weighted by atomic mass is 16.5. The fourth-order valence-electron chi connectivity index (χ4n) is 2.97. The number of anilines is 1. The average molecular weight is 326 g/mol. The highest BCUT2D eigenvalue weighted by Gasteiger charge is 2.27. The first-order valence-electron chi connectivity index (χ1n) is 8.04. The summed E-state index contributed by atoms with van der Waals surface area (Å²) in [5, 5.41) is 0. The molecule has 0 spiro atoms. The number of ether oxygens (including phenoxy) is 2. The molecule has 1 amide bonds. The van der Waals surface area contributed by atoms with Crippen LogP contribution in [-0.4, -0.2) is 30.6 Å². The lowest BCUT2D eigenvalue weighted by Gasteiger charge is -2.22. The summed E-state index contributed by atoms with van der Waals surface area (Å²) in [6.07, 6.45) is 0.215. The molecule has 0 saturated carbocycles. The van der Waals surface area contributed by atoms with Crippen LogP contribution in [0, 0.1) is 0 Å². The number of amides is 1. The van der Waals surface area contributed by atoms with Gasteiger partial charge in [0.25, 0.3) is 5.91 Å². The molecule has 1 aliphatic rings. The number of para-hydroxylation sites is 1. The van der Waals surface area contributed by atoms with E-state index in [1.54, 1.807) is 20.1 Å². The van der Waals surface area contributed by atoms with Crippen molar-refractivity contribution in [2.45, 2.75) is 26.0 Å². The van der Waals surface area contributed by atoms with Crippen LogP contribution < -0.4 is 15.2 Å². The van der Waals surface area contributed by atoms with Crippen LogP contribution in [0.4, 0.5) is 5.69 Å². The molecule has 1 heterocycles. The van der Waals surface area contributed by atoms with Crippen LogP contribution in [0.2, 0.25) is 0 Å². The molecule has 0 saturated heterocycles. The van der Waals surface area contributed by atoms with E-state index in [0.29, 0.717) is 18.8 Å². The maximum absolute atomic E-state index is 12.6. The van der Waals surface area contributed by atoms with E-state index in [-0.39, 0.29) is 5.91 Å². The molecule has 2 aromatic rings. The molecule has 5 nitrogen and oxygen atoms in total. The number of nitrogens with zero attached hydrogens (tertiary/aromatic N) is 1. The summed E-state index contributed by atoms with van der Waals surface area (Å²) in [5.41, 5.74) is 8.56. The third-order valence-electron chi connectivity index (χ3n) is 4.25. The standard InChI is InChI=1S/C19H22N2O3/c1-13-19(22)21(10-9-14-5-3-4-6-17(14)23-2)12-15-11-16(20)7-8-18(15)24-13/h3-8,11,13H,9-10,12,20H2,1-2H3. The number of hydrogen-bond acceptors (Lipinski definition) is 4. The van der Waals surface area contributed by atoms with E-state index in [2.05, 4.69) is 0 Å². The summed E-state index contributed by atoms with van der Waals surface area (Å²) in [5.74, 6) is 1.55. The van der Waals surface area contributed by atoms with Crippen molar-refractivity contribution in [2.24, 2.45) is 0 Å². The predicted octanol–water partition coefficient (Wildman–Crippen LogP) is 2.63. The monoisotopic (exact) mass is 326 g/mol. The number of carbonyl (C=O) groups excluding carboxylic acids is 1. The van der Waals surface area contributed by atoms with Crippen LogP contribution in [0.5, 0.6) is 11.5 Å². The van der Waals surface area contributed by atoms with Gasteiger partial charge in [-0.3, -0.25) is 4.79 Å². The lowest BCUT2D eigenvalue weighted by atomic mass is 10.1. The highest BCUT2D eigenvalue weighted by molar-refractivity contribution is 5.81. The van der Waals surface area contributed by atoms with Gasteiger partial charge in [-0.2, -0.15) is 0 Å². The van der Waals surface area contributed by atoms with Gasteiger partial charge in [0.2, 0.25) is 0 Å². The molecular weight excluding hydrogens is 304 g/mol. The van der Waals surface area contributed by atoms with E-state index in [9.17, 15) is 4.79 Å². The summed E-state index contributed by atoms with van der Waals surface area (Å²) in [6.45, 7) is 2.88. The fourth-order valence-corrected chi connectivity index (χ4v) is 2.97. The van der Waals surface area contributed by atoms with E-state index < -0.39 is 6.10 Å². The summed E-state index contributed by atoms with van der Waals surface area (Å²) in [6, 6.07) is 13.4. The van der Waals surface area contributed by atoms with Gasteiger partial charge in [0, 0.05) is 24.3 Å². The third kappa shape index (κ3) is 3.30. The van der Waals surface area contributed by atoms with Crippen molar-refractivity contribution in [3.8, 4) is 11.5 Å². The van der Waals surface area contributed by atoms with E-state index in [0.717, 1.165) is 29.0 Å². The van der Waals surface area contributed by atoms with Gasteiger partial charge in [-0.05, 0) is 43.2 Å². The Bertz CT molecular complexity index is 745. The van der Waals surface area contributed by atoms with Gasteiger partial charge < -0.3 is 20.1 Å². The maximum Gasteiger partial charge on any atom is 0.263 e. The number of fused-ring (bicyclic) bond motifs is 1. The van der Waals surface area contributed by atoms with Crippen molar-refractivity contribution in [3.05, 3.63) is 53.6 Å². The largest absolute Gasteiger partial charge is 0.496 e. The second-order valence-corrected chi connectivity index (χ2v) is 5.95. The second-order valence-electron chi connectivity index (χ2n) is 5.95. The van der Waals surface area contributed by atoms with E-state index in [1.807, 2.05) is 41.3 Å². The second kappa shape index (κ2) is 6.83. The molecule has 0 aromatic heterocycles. The number of nitrogen functional groups attached to an aromatic ring is 1. The molecule has 5 heteroatoms. The lowest BCUT2D eigenvalue weighted by molar-refractivity contribution is -0.137. The van der Waals surface area contributed by atoms with Crippen LogP contribution in [0.1, 0.15) is 18.1 Å². The molecule has 2 aromatic carbocycles. The quantitative estimate of drug-likeness (QED) is 0.877. The van der Waals surface area contributed by atoms with Gasteiger partial charge in [0.05, 0.1) is 7.11 Å². The molecule has 1 aliphatic heterocycles. The van der Waals surface area contributed by atoms with Crippen LogP contribution in [0.15, 0.2) is 42.5 Å². The fraction of sp³-hybridized carbons (Fsp3) is 0.316. The van der Waals surface area contributed by atoms with Crippen molar-refractivity contribution in [1.82, 2.24) is 4.90 Å². The van der Waals surface area contributed by atoms with Crippen LogP contribution >= 0.6 is 0 Å². The van der Waals surface area contributed by atoms with Crippen molar-refractivity contribution in [1.29, 1.82) is 0 Å². The topological polar surface area (TPSA) is 64.8 Å². The van der Waals surface area contributed by atoms with Gasteiger partial charge in [-0.1, -0.05) is 18.2 Å². The van der Waals surface area contributed by atoms with E-state index in [1.165, 1.54) is 0 Å². The first-order chi connectivity index (χ1) is 11.6. The molecule has 0 aliphatic carbocycles. The van der Waals surface area contributed by atoms with Crippen molar-refractivity contribution in [2.75, 3.05) is 19.4 Å². The molecule has 126 valence electrons. The molecule has 1 unspecified atom stereocenters. The molecule has 1 atom stereocenters. The Labute approximate surface area is 142 Å². The minimum Gasteiger partial charge on any atom is -0.496 e.